The fourth-order valence-electron chi connectivity index (χ4n) is 4.35. The minimum absolute atomic E-state index is 0. The lowest BCUT2D eigenvalue weighted by atomic mass is 10.1. The Hall–Kier alpha value is -3.17. The van der Waals surface area contributed by atoms with E-state index in [-0.39, 0.29) is 25.2 Å². The molecule has 4 heterocycles. The van der Waals surface area contributed by atoms with Crippen molar-refractivity contribution in [3.05, 3.63) is 60.3 Å². The van der Waals surface area contributed by atoms with Crippen LogP contribution in [0.5, 0.6) is 0 Å². The zero-order valence-electron chi connectivity index (χ0n) is 19.6. The van der Waals surface area contributed by atoms with Gasteiger partial charge in [0.05, 0.1) is 16.8 Å². The Morgan fingerprint density at radius 1 is 1.15 bits per heavy atom. The zero-order valence-corrected chi connectivity index (χ0v) is 20.6. The van der Waals surface area contributed by atoms with E-state index in [1.807, 2.05) is 18.5 Å². The third-order valence-electron chi connectivity index (χ3n) is 6.16. The number of hydrogen-bond acceptors (Lipinski definition) is 6. The van der Waals surface area contributed by atoms with Gasteiger partial charge in [0.25, 0.3) is 0 Å². The number of H-pyrrole nitrogens is 1. The van der Waals surface area contributed by atoms with Gasteiger partial charge in [-0.3, -0.25) is 0 Å². The van der Waals surface area contributed by atoms with Gasteiger partial charge in [0.15, 0.2) is 5.82 Å². The van der Waals surface area contributed by atoms with Crippen LogP contribution in [-0.4, -0.2) is 45.6 Å². The van der Waals surface area contributed by atoms with Gasteiger partial charge in [0.2, 0.25) is 0 Å². The molecular formula is C25H30FN7S. The molecule has 178 valence electrons. The van der Waals surface area contributed by atoms with Gasteiger partial charge < -0.3 is 20.5 Å². The molecule has 4 aromatic rings. The number of halogens is 1. The molecular weight excluding hydrogens is 449 g/mol. The van der Waals surface area contributed by atoms with E-state index < -0.39 is 0 Å². The van der Waals surface area contributed by atoms with Crippen LogP contribution in [0.15, 0.2) is 48.9 Å². The first-order valence-corrected chi connectivity index (χ1v) is 11.3. The molecule has 34 heavy (non-hydrogen) atoms. The second-order valence-corrected chi connectivity index (χ2v) is 8.79. The van der Waals surface area contributed by atoms with E-state index in [0.29, 0.717) is 11.9 Å². The molecule has 1 fully saturated rings. The summed E-state index contributed by atoms with van der Waals surface area (Å²) in [5, 5.41) is 8.07. The molecule has 0 spiro atoms. The first kappa shape index (κ1) is 24.0. The summed E-state index contributed by atoms with van der Waals surface area (Å²) in [6, 6.07) is 8.61. The van der Waals surface area contributed by atoms with Crippen molar-refractivity contribution in [2.45, 2.75) is 32.7 Å². The van der Waals surface area contributed by atoms with Crippen LogP contribution in [0.1, 0.15) is 32.3 Å². The van der Waals surface area contributed by atoms with Crippen LogP contribution in [0.3, 0.4) is 0 Å². The van der Waals surface area contributed by atoms with Crippen LogP contribution in [0.25, 0.3) is 22.4 Å². The van der Waals surface area contributed by atoms with Crippen molar-refractivity contribution in [2.24, 2.45) is 0 Å². The smallest absolute Gasteiger partial charge is 0.161 e. The highest BCUT2D eigenvalue weighted by Crippen LogP contribution is 2.36. The van der Waals surface area contributed by atoms with E-state index in [1.165, 1.54) is 12.1 Å². The lowest BCUT2D eigenvalue weighted by Gasteiger charge is -2.35. The number of pyridine rings is 1. The maximum absolute atomic E-state index is 13.4. The van der Waals surface area contributed by atoms with Crippen LogP contribution in [0.4, 0.5) is 21.6 Å². The fourth-order valence-corrected chi connectivity index (χ4v) is 4.35. The van der Waals surface area contributed by atoms with E-state index in [0.717, 1.165) is 59.0 Å². The number of hydrogen-bond donors (Lipinski definition) is 3. The van der Waals surface area contributed by atoms with Crippen molar-refractivity contribution >= 4 is 41.7 Å². The Balaban J connectivity index is 0.00000274. The minimum Gasteiger partial charge on any atom is -0.364 e. The molecule has 1 aliphatic rings. The van der Waals surface area contributed by atoms with Gasteiger partial charge >= 0.3 is 0 Å². The molecule has 0 aliphatic carbocycles. The summed E-state index contributed by atoms with van der Waals surface area (Å²) < 4.78 is 13.4. The predicted octanol–water partition coefficient (Wildman–Crippen LogP) is 4.94. The molecule has 9 heteroatoms. The standard InChI is InChI=1S/C25H28FN7.H2S/c1-15(2)19-13-29-23(17-4-6-18(26)7-5-17)32-24(19)31-20-8-9-28-25-22(20)21(14-30-25)33-11-10-27-12-16(33)3;/h4-9,13-16,27H,10-12H2,1-3H3,(H2,28,29,30,31,32);1H2/t16-;/m0./s1. The molecule has 1 atom stereocenters. The maximum atomic E-state index is 13.4. The Kier molecular flexibility index (Phi) is 7.04. The van der Waals surface area contributed by atoms with Gasteiger partial charge in [-0.2, -0.15) is 13.5 Å². The van der Waals surface area contributed by atoms with Crippen molar-refractivity contribution in [1.82, 2.24) is 25.3 Å². The van der Waals surface area contributed by atoms with Gasteiger partial charge in [-0.25, -0.2) is 19.3 Å². The average molecular weight is 480 g/mol. The van der Waals surface area contributed by atoms with E-state index in [9.17, 15) is 4.39 Å². The van der Waals surface area contributed by atoms with Gasteiger partial charge in [-0.15, -0.1) is 0 Å². The van der Waals surface area contributed by atoms with Crippen LogP contribution >= 0.6 is 13.5 Å². The second kappa shape index (κ2) is 9.99. The van der Waals surface area contributed by atoms with Crippen molar-refractivity contribution in [3.8, 4) is 11.4 Å². The van der Waals surface area contributed by atoms with Crippen LogP contribution in [0, 0.1) is 5.82 Å². The van der Waals surface area contributed by atoms with Crippen LogP contribution in [0.2, 0.25) is 0 Å². The molecule has 3 N–H and O–H groups in total. The summed E-state index contributed by atoms with van der Waals surface area (Å²) in [4.78, 5) is 19.7. The normalized spacial score (nSPS) is 16.0. The van der Waals surface area contributed by atoms with E-state index in [2.05, 4.69) is 51.3 Å². The summed E-state index contributed by atoms with van der Waals surface area (Å²) in [7, 11) is 0. The largest absolute Gasteiger partial charge is 0.364 e. The van der Waals surface area contributed by atoms with Crippen molar-refractivity contribution in [1.29, 1.82) is 0 Å². The Morgan fingerprint density at radius 3 is 2.68 bits per heavy atom. The highest BCUT2D eigenvalue weighted by Gasteiger charge is 2.23. The summed E-state index contributed by atoms with van der Waals surface area (Å²) >= 11 is 0. The predicted molar refractivity (Wildman–Crippen MR) is 141 cm³/mol. The Bertz CT molecular complexity index is 1270. The number of benzene rings is 1. The SMILES string of the molecule is CC(C)c1cnc(-c2ccc(F)cc2)nc1Nc1ccnc2[nH]cc(N3CCNC[C@@H]3C)c12.S. The molecule has 3 aromatic heterocycles. The molecule has 0 radical (unpaired) electrons. The van der Waals surface area contributed by atoms with Crippen molar-refractivity contribution in [2.75, 3.05) is 29.9 Å². The number of fused-ring (bicyclic) bond motifs is 1. The van der Waals surface area contributed by atoms with E-state index in [4.69, 9.17) is 4.98 Å². The number of nitrogens with one attached hydrogen (secondary N) is 3. The molecule has 1 saturated heterocycles. The second-order valence-electron chi connectivity index (χ2n) is 8.79. The maximum Gasteiger partial charge on any atom is 0.161 e. The van der Waals surface area contributed by atoms with Gasteiger partial charge in [-0.1, -0.05) is 13.8 Å². The van der Waals surface area contributed by atoms with E-state index in [1.54, 1.807) is 18.3 Å². The Labute approximate surface area is 205 Å². The highest BCUT2D eigenvalue weighted by atomic mass is 32.1. The van der Waals surface area contributed by atoms with Gasteiger partial charge in [0, 0.05) is 55.4 Å². The zero-order chi connectivity index (χ0) is 22.9. The van der Waals surface area contributed by atoms with Crippen LogP contribution < -0.4 is 15.5 Å². The number of piperazine rings is 1. The Morgan fingerprint density at radius 2 is 1.94 bits per heavy atom. The highest BCUT2D eigenvalue weighted by molar-refractivity contribution is 7.59. The third-order valence-corrected chi connectivity index (χ3v) is 6.16. The molecule has 0 bridgehead atoms. The average Bonchev–Trinajstić information content (AvgIpc) is 3.25. The summed E-state index contributed by atoms with van der Waals surface area (Å²) in [6.07, 6.45) is 5.69. The molecule has 0 unspecified atom stereocenters. The van der Waals surface area contributed by atoms with Crippen molar-refractivity contribution < 1.29 is 4.39 Å². The number of anilines is 3. The molecule has 7 nitrogen and oxygen atoms in total. The number of aromatic amines is 1. The number of nitrogens with zero attached hydrogens (tertiary/aromatic N) is 4. The van der Waals surface area contributed by atoms with Crippen molar-refractivity contribution in [3.63, 3.8) is 0 Å². The molecule has 5 rings (SSSR count). The van der Waals surface area contributed by atoms with Gasteiger partial charge in [-0.05, 0) is 43.2 Å². The lowest BCUT2D eigenvalue weighted by molar-refractivity contribution is 0.502. The molecule has 1 aromatic carbocycles. The number of rotatable bonds is 5. The summed E-state index contributed by atoms with van der Waals surface area (Å²) in [5.74, 6) is 1.24. The molecule has 0 saturated carbocycles. The van der Waals surface area contributed by atoms with Gasteiger partial charge in [0.1, 0.15) is 17.3 Å². The monoisotopic (exact) mass is 479 g/mol. The lowest BCUT2D eigenvalue weighted by Crippen LogP contribution is -2.49. The first-order valence-electron chi connectivity index (χ1n) is 11.3. The first-order chi connectivity index (χ1) is 16.0. The van der Waals surface area contributed by atoms with Crippen LogP contribution in [-0.2, 0) is 0 Å². The van der Waals surface area contributed by atoms with E-state index >= 15 is 0 Å². The molecule has 0 amide bonds. The molecule has 1 aliphatic heterocycles. The number of aromatic nitrogens is 4. The topological polar surface area (TPSA) is 81.8 Å². The minimum atomic E-state index is -0.280. The third kappa shape index (κ3) is 4.58. The summed E-state index contributed by atoms with van der Waals surface area (Å²) in [5.41, 5.74) is 4.69. The fraction of sp³-hybridized carbons (Fsp3) is 0.320. The quantitative estimate of drug-likeness (QED) is 0.376. The summed E-state index contributed by atoms with van der Waals surface area (Å²) in [6.45, 7) is 9.29.